The molecule has 2 aromatic heterocycles. The number of nitrogens with one attached hydrogen (secondary N) is 4. The maximum Gasteiger partial charge on any atom is 0.407 e. The molecular formula is C33H41N7O4. The number of amides is 3. The highest BCUT2D eigenvalue weighted by Crippen LogP contribution is 2.28. The van der Waals surface area contributed by atoms with Crippen LogP contribution in [0.2, 0.25) is 0 Å². The zero-order valence-corrected chi connectivity index (χ0v) is 26.1. The summed E-state index contributed by atoms with van der Waals surface area (Å²) in [4.78, 5) is 54.1. The van der Waals surface area contributed by atoms with E-state index in [1.807, 2.05) is 71.0 Å². The smallest absolute Gasteiger partial charge is 0.407 e. The molecule has 0 saturated heterocycles. The van der Waals surface area contributed by atoms with Gasteiger partial charge in [0.25, 0.3) is 0 Å². The van der Waals surface area contributed by atoms with Gasteiger partial charge < -0.3 is 24.9 Å². The number of imidazole rings is 2. The zero-order valence-electron chi connectivity index (χ0n) is 26.1. The summed E-state index contributed by atoms with van der Waals surface area (Å²) < 4.78 is 4.72. The molecule has 0 bridgehead atoms. The summed E-state index contributed by atoms with van der Waals surface area (Å²) in [6.45, 7) is 9.99. The van der Waals surface area contributed by atoms with E-state index in [4.69, 9.17) is 4.74 Å². The van der Waals surface area contributed by atoms with Crippen LogP contribution < -0.4 is 10.6 Å². The van der Waals surface area contributed by atoms with Crippen molar-refractivity contribution < 1.29 is 19.1 Å². The standard InChI is InChI=1S/C33H41N7O4/c1-7-9-28(41)38-32-35-19-27(37-32)25-16-12-23(13-17-25)22-10-14-24(15-11-22)26-18-34-30(36-26)21(5)40(8-2)31(42)29(20(3)4)39-33(43)44-6/h10-21,29H,7-9H2,1-6H3,(H,34,36)(H,39,43)(H2,35,37,38,41). The van der Waals surface area contributed by atoms with Gasteiger partial charge >= 0.3 is 6.09 Å². The molecule has 2 aromatic carbocycles. The minimum Gasteiger partial charge on any atom is -0.453 e. The summed E-state index contributed by atoms with van der Waals surface area (Å²) in [6, 6.07) is 15.3. The van der Waals surface area contributed by atoms with Crippen LogP contribution in [0, 0.1) is 5.92 Å². The number of hydrogen-bond donors (Lipinski definition) is 4. The van der Waals surface area contributed by atoms with E-state index >= 15 is 0 Å². The number of likely N-dealkylation sites (N-methyl/N-ethyl adjacent to an activating group) is 1. The number of alkyl carbamates (subject to hydrolysis) is 1. The number of H-pyrrole nitrogens is 2. The molecule has 0 aliphatic rings. The Hall–Kier alpha value is -4.93. The Labute approximate surface area is 257 Å². The summed E-state index contributed by atoms with van der Waals surface area (Å²) in [6.07, 6.45) is 4.08. The maximum atomic E-state index is 13.4. The zero-order chi connectivity index (χ0) is 31.8. The molecule has 0 radical (unpaired) electrons. The number of aromatic amines is 2. The number of aromatic nitrogens is 4. The van der Waals surface area contributed by atoms with E-state index in [-0.39, 0.29) is 23.8 Å². The largest absolute Gasteiger partial charge is 0.453 e. The minimum atomic E-state index is -0.712. The van der Waals surface area contributed by atoms with Gasteiger partial charge in [-0.2, -0.15) is 0 Å². The molecule has 232 valence electrons. The van der Waals surface area contributed by atoms with Gasteiger partial charge in [0, 0.05) is 13.0 Å². The van der Waals surface area contributed by atoms with E-state index in [1.165, 1.54) is 7.11 Å². The number of methoxy groups -OCH3 is 1. The molecule has 44 heavy (non-hydrogen) atoms. The van der Waals surface area contributed by atoms with Crippen molar-refractivity contribution in [3.8, 4) is 33.6 Å². The molecule has 3 amide bonds. The average molecular weight is 600 g/mol. The van der Waals surface area contributed by atoms with E-state index in [0.29, 0.717) is 24.7 Å². The molecule has 0 spiro atoms. The van der Waals surface area contributed by atoms with E-state index < -0.39 is 12.1 Å². The molecule has 11 heteroatoms. The highest BCUT2D eigenvalue weighted by molar-refractivity contribution is 5.89. The number of ether oxygens (including phenoxy) is 1. The van der Waals surface area contributed by atoms with E-state index in [2.05, 4.69) is 42.7 Å². The normalized spacial score (nSPS) is 12.4. The molecule has 11 nitrogen and oxygen atoms in total. The van der Waals surface area contributed by atoms with Crippen LogP contribution in [0.1, 0.15) is 59.3 Å². The van der Waals surface area contributed by atoms with Crippen molar-refractivity contribution in [2.45, 2.75) is 59.5 Å². The Kier molecular flexibility index (Phi) is 10.5. The predicted octanol–water partition coefficient (Wildman–Crippen LogP) is 6.16. The SMILES string of the molecule is CCCC(=O)Nc1ncc(-c2ccc(-c3ccc(-c4cnc(C(C)N(CC)C(=O)C(NC(=O)OC)C(C)C)[nH]4)cc3)cc2)[nH]1. The van der Waals surface area contributed by atoms with Crippen LogP contribution in [0.3, 0.4) is 0 Å². The van der Waals surface area contributed by atoms with E-state index in [1.54, 1.807) is 17.3 Å². The van der Waals surface area contributed by atoms with Crippen LogP contribution in [-0.4, -0.2) is 62.4 Å². The highest BCUT2D eigenvalue weighted by Gasteiger charge is 2.32. The van der Waals surface area contributed by atoms with Crippen LogP contribution in [0.15, 0.2) is 60.9 Å². The fraction of sp³-hybridized carbons (Fsp3) is 0.364. The number of anilines is 1. The first kappa shape index (κ1) is 32.0. The van der Waals surface area contributed by atoms with Gasteiger partial charge in [-0.15, -0.1) is 0 Å². The van der Waals surface area contributed by atoms with Crippen LogP contribution in [0.5, 0.6) is 0 Å². The van der Waals surface area contributed by atoms with Gasteiger partial charge in [-0.25, -0.2) is 14.8 Å². The lowest BCUT2D eigenvalue weighted by Crippen LogP contribution is -2.51. The average Bonchev–Trinajstić information content (AvgIpc) is 3.71. The van der Waals surface area contributed by atoms with E-state index in [0.717, 1.165) is 40.1 Å². The van der Waals surface area contributed by atoms with Crippen LogP contribution >= 0.6 is 0 Å². The third kappa shape index (κ3) is 7.52. The minimum absolute atomic E-state index is 0.0594. The number of hydrogen-bond acceptors (Lipinski definition) is 6. The van der Waals surface area contributed by atoms with Gasteiger partial charge in [0.2, 0.25) is 17.8 Å². The van der Waals surface area contributed by atoms with Crippen LogP contribution in [0.4, 0.5) is 10.7 Å². The molecule has 4 N–H and O–H groups in total. The Balaban J connectivity index is 1.43. The topological polar surface area (TPSA) is 145 Å². The summed E-state index contributed by atoms with van der Waals surface area (Å²) in [5.41, 5.74) is 5.72. The van der Waals surface area contributed by atoms with Gasteiger partial charge in [0.1, 0.15) is 11.9 Å². The first-order valence-electron chi connectivity index (χ1n) is 14.9. The Bertz CT molecular complexity index is 1560. The second-order valence-electron chi connectivity index (χ2n) is 10.9. The second-order valence-corrected chi connectivity index (χ2v) is 10.9. The number of benzene rings is 2. The van der Waals surface area contributed by atoms with Crippen molar-refractivity contribution in [3.63, 3.8) is 0 Å². The number of carbonyl (C=O) groups is 3. The van der Waals surface area contributed by atoms with Gasteiger partial charge in [0.05, 0.1) is 36.9 Å². The molecule has 0 aliphatic carbocycles. The lowest BCUT2D eigenvalue weighted by molar-refractivity contribution is -0.136. The third-order valence-electron chi connectivity index (χ3n) is 7.51. The van der Waals surface area contributed by atoms with Gasteiger partial charge in [-0.3, -0.25) is 14.9 Å². The van der Waals surface area contributed by atoms with Gasteiger partial charge in [-0.05, 0) is 48.4 Å². The molecule has 0 aliphatic heterocycles. The van der Waals surface area contributed by atoms with Gasteiger partial charge in [-0.1, -0.05) is 69.3 Å². The predicted molar refractivity (Wildman–Crippen MR) is 171 cm³/mol. The Morgan fingerprint density at radius 1 is 0.841 bits per heavy atom. The molecule has 4 aromatic rings. The molecule has 2 unspecified atom stereocenters. The van der Waals surface area contributed by atoms with Crippen LogP contribution in [-0.2, 0) is 14.3 Å². The van der Waals surface area contributed by atoms with E-state index in [9.17, 15) is 14.4 Å². The van der Waals surface area contributed by atoms with Crippen LogP contribution in [0.25, 0.3) is 33.6 Å². The molecule has 4 rings (SSSR count). The van der Waals surface area contributed by atoms with Crippen molar-refractivity contribution in [1.82, 2.24) is 30.2 Å². The number of rotatable bonds is 12. The molecule has 2 heterocycles. The Morgan fingerprint density at radius 2 is 1.39 bits per heavy atom. The summed E-state index contributed by atoms with van der Waals surface area (Å²) in [5, 5.41) is 5.44. The molecule has 0 saturated carbocycles. The first-order chi connectivity index (χ1) is 21.1. The molecular weight excluding hydrogens is 558 g/mol. The van der Waals surface area contributed by atoms with Crippen molar-refractivity contribution in [2.75, 3.05) is 19.0 Å². The molecule has 2 atom stereocenters. The fourth-order valence-corrected chi connectivity index (χ4v) is 4.98. The first-order valence-corrected chi connectivity index (χ1v) is 14.9. The lowest BCUT2D eigenvalue weighted by Gasteiger charge is -2.32. The quantitative estimate of drug-likeness (QED) is 0.153. The monoisotopic (exact) mass is 599 g/mol. The summed E-state index contributed by atoms with van der Waals surface area (Å²) in [5.74, 6) is 0.727. The second kappa shape index (κ2) is 14.5. The number of carbonyl (C=O) groups excluding carboxylic acids is 3. The van der Waals surface area contributed by atoms with Crippen molar-refractivity contribution in [2.24, 2.45) is 5.92 Å². The highest BCUT2D eigenvalue weighted by atomic mass is 16.5. The van der Waals surface area contributed by atoms with Crippen molar-refractivity contribution >= 4 is 23.9 Å². The maximum absolute atomic E-state index is 13.4. The summed E-state index contributed by atoms with van der Waals surface area (Å²) >= 11 is 0. The molecule has 0 fully saturated rings. The third-order valence-corrected chi connectivity index (χ3v) is 7.51. The van der Waals surface area contributed by atoms with Crippen molar-refractivity contribution in [3.05, 3.63) is 66.7 Å². The van der Waals surface area contributed by atoms with Gasteiger partial charge in [0.15, 0.2) is 0 Å². The Morgan fingerprint density at radius 3 is 1.91 bits per heavy atom. The fourth-order valence-electron chi connectivity index (χ4n) is 4.98. The lowest BCUT2D eigenvalue weighted by atomic mass is 10.0. The van der Waals surface area contributed by atoms with Crippen molar-refractivity contribution in [1.29, 1.82) is 0 Å². The summed E-state index contributed by atoms with van der Waals surface area (Å²) in [7, 11) is 1.28. The number of nitrogens with zero attached hydrogens (tertiary/aromatic N) is 3.